The zero-order valence-corrected chi connectivity index (χ0v) is 13.0. The fourth-order valence-corrected chi connectivity index (χ4v) is 3.40. The average molecular weight is 318 g/mol. The molecule has 1 aromatic heterocycles. The monoisotopic (exact) mass is 318 g/mol. The van der Waals surface area contributed by atoms with Crippen molar-refractivity contribution in [3.05, 3.63) is 35.7 Å². The number of carbonyl (C=O) groups excluding carboxylic acids is 1. The molecule has 0 amide bonds. The molecule has 0 radical (unpaired) electrons. The number of methoxy groups -OCH3 is 1. The van der Waals surface area contributed by atoms with Crippen molar-refractivity contribution in [2.75, 3.05) is 18.6 Å². The Bertz CT molecular complexity index is 674. The summed E-state index contributed by atoms with van der Waals surface area (Å²) in [6.07, 6.45) is 2.04. The number of hydrogen-bond acceptors (Lipinski definition) is 7. The van der Waals surface area contributed by atoms with Crippen LogP contribution in [0.15, 0.2) is 24.3 Å². The molecule has 1 aliphatic heterocycles. The van der Waals surface area contributed by atoms with Crippen molar-refractivity contribution >= 4 is 22.6 Å². The minimum absolute atomic E-state index is 0.586. The van der Waals surface area contributed by atoms with Crippen LogP contribution in [0.3, 0.4) is 0 Å². The highest BCUT2D eigenvalue weighted by molar-refractivity contribution is 7.09. The first-order chi connectivity index (χ1) is 10.7. The lowest BCUT2D eigenvalue weighted by Gasteiger charge is -2.23. The molecule has 0 saturated carbocycles. The quantitative estimate of drug-likeness (QED) is 0.813. The molecule has 6 nitrogen and oxygen atoms in total. The number of carbonyl (C=O) groups is 1. The normalized spacial score (nSPS) is 17.7. The fourth-order valence-electron chi connectivity index (χ4n) is 2.64. The van der Waals surface area contributed by atoms with E-state index >= 15 is 0 Å². The zero-order valence-electron chi connectivity index (χ0n) is 12.2. The highest BCUT2D eigenvalue weighted by Crippen LogP contribution is 2.27. The molecule has 1 aromatic carbocycles. The van der Waals surface area contributed by atoms with Gasteiger partial charge in [-0.15, -0.1) is 0 Å². The van der Waals surface area contributed by atoms with E-state index in [4.69, 9.17) is 4.74 Å². The van der Waals surface area contributed by atoms with Gasteiger partial charge in [0.1, 0.15) is 11.6 Å². The summed E-state index contributed by atoms with van der Waals surface area (Å²) in [6.45, 7) is 0.687. The summed E-state index contributed by atoms with van der Waals surface area (Å²) in [5.74, 6) is 0.448. The number of nitrogens with zero attached hydrogens (tertiary/aromatic N) is 3. The molecule has 22 heavy (non-hydrogen) atoms. The van der Waals surface area contributed by atoms with Gasteiger partial charge in [-0.25, -0.2) is 4.98 Å². The Morgan fingerprint density at radius 1 is 1.55 bits per heavy atom. The van der Waals surface area contributed by atoms with Gasteiger partial charge in [-0.2, -0.15) is 4.37 Å². The van der Waals surface area contributed by atoms with Crippen LogP contribution in [0.4, 0.5) is 5.13 Å². The van der Waals surface area contributed by atoms with Crippen LogP contribution in [0.5, 0.6) is 5.75 Å². The van der Waals surface area contributed by atoms with Gasteiger partial charge in [-0.05, 0) is 30.5 Å². The minimum Gasteiger partial charge on any atom is -0.548 e. The number of hydrogen-bond donors (Lipinski definition) is 0. The van der Waals surface area contributed by atoms with Gasteiger partial charge >= 0.3 is 0 Å². The summed E-state index contributed by atoms with van der Waals surface area (Å²) in [6, 6.07) is 7.16. The van der Waals surface area contributed by atoms with Crippen molar-refractivity contribution in [2.45, 2.75) is 25.3 Å². The number of carboxylic acids is 1. The van der Waals surface area contributed by atoms with E-state index in [2.05, 4.69) is 9.36 Å². The molecular formula is C15H16N3O3S-. The predicted octanol–water partition coefficient (Wildman–Crippen LogP) is 0.856. The molecule has 0 unspecified atom stereocenters. The zero-order chi connectivity index (χ0) is 15.5. The molecule has 0 N–H and O–H groups in total. The molecule has 3 rings (SSSR count). The Balaban J connectivity index is 1.74. The highest BCUT2D eigenvalue weighted by atomic mass is 32.1. The van der Waals surface area contributed by atoms with E-state index in [0.29, 0.717) is 30.3 Å². The van der Waals surface area contributed by atoms with Gasteiger partial charge in [0.05, 0.1) is 19.1 Å². The molecule has 0 aliphatic carbocycles. The van der Waals surface area contributed by atoms with E-state index < -0.39 is 12.0 Å². The summed E-state index contributed by atoms with van der Waals surface area (Å²) in [5.41, 5.74) is 1.06. The van der Waals surface area contributed by atoms with Gasteiger partial charge in [-0.3, -0.25) is 0 Å². The van der Waals surface area contributed by atoms with Crippen LogP contribution in [0.1, 0.15) is 24.2 Å². The van der Waals surface area contributed by atoms with Gasteiger partial charge < -0.3 is 19.5 Å². The second-order valence-electron chi connectivity index (χ2n) is 5.19. The first-order valence-corrected chi connectivity index (χ1v) is 7.87. The van der Waals surface area contributed by atoms with Crippen LogP contribution >= 0.6 is 11.5 Å². The van der Waals surface area contributed by atoms with Gasteiger partial charge in [-0.1, -0.05) is 12.1 Å². The maximum atomic E-state index is 11.1. The Kier molecular flexibility index (Phi) is 4.24. The third-order valence-corrected chi connectivity index (χ3v) is 4.52. The van der Waals surface area contributed by atoms with E-state index in [1.165, 1.54) is 11.5 Å². The van der Waals surface area contributed by atoms with Crippen LogP contribution in [-0.2, 0) is 11.2 Å². The summed E-state index contributed by atoms with van der Waals surface area (Å²) < 4.78 is 9.54. The van der Waals surface area contributed by atoms with Gasteiger partial charge in [0.15, 0.2) is 0 Å². The summed E-state index contributed by atoms with van der Waals surface area (Å²) in [5, 5.41) is 11.8. The number of aliphatic carboxylic acids is 1. The van der Waals surface area contributed by atoms with Gasteiger partial charge in [0.25, 0.3) is 0 Å². The third-order valence-electron chi connectivity index (χ3n) is 3.72. The second kappa shape index (κ2) is 6.31. The fraction of sp³-hybridized carbons (Fsp3) is 0.400. The largest absolute Gasteiger partial charge is 0.548 e. The first-order valence-electron chi connectivity index (χ1n) is 7.10. The topological polar surface area (TPSA) is 78.4 Å². The molecule has 2 heterocycles. The Labute approximate surface area is 132 Å². The lowest BCUT2D eigenvalue weighted by atomic mass is 10.1. The number of ether oxygens (including phenoxy) is 1. The maximum absolute atomic E-state index is 11.1. The molecule has 7 heteroatoms. The Hall–Kier alpha value is -2.15. The minimum atomic E-state index is -1.04. The standard InChI is InChI=1S/C15H17N3O3S/c1-21-11-5-2-4-10(8-11)9-13-16-15(22-17-13)18-7-3-6-12(18)14(19)20/h2,4-5,8,12H,3,6-7,9H2,1H3,(H,19,20)/p-1/t12-/m0/s1. The third kappa shape index (κ3) is 3.04. The molecule has 1 fully saturated rings. The highest BCUT2D eigenvalue weighted by Gasteiger charge is 2.28. The van der Waals surface area contributed by atoms with Crippen molar-refractivity contribution < 1.29 is 14.6 Å². The van der Waals surface area contributed by atoms with Crippen LogP contribution in [-0.4, -0.2) is 35.0 Å². The number of rotatable bonds is 5. The molecule has 1 atom stereocenters. The molecule has 0 bridgehead atoms. The average Bonchev–Trinajstić information content (AvgIpc) is 3.15. The van der Waals surface area contributed by atoms with Crippen molar-refractivity contribution in [3.8, 4) is 5.75 Å². The smallest absolute Gasteiger partial charge is 0.205 e. The molecule has 116 valence electrons. The predicted molar refractivity (Wildman–Crippen MR) is 81.1 cm³/mol. The van der Waals surface area contributed by atoms with Crippen LogP contribution in [0.2, 0.25) is 0 Å². The van der Waals surface area contributed by atoms with Gasteiger partial charge in [0, 0.05) is 24.5 Å². The number of aromatic nitrogens is 2. The van der Waals surface area contributed by atoms with E-state index in [-0.39, 0.29) is 0 Å². The number of benzene rings is 1. The Morgan fingerprint density at radius 2 is 2.41 bits per heavy atom. The van der Waals surface area contributed by atoms with Crippen molar-refractivity contribution in [3.63, 3.8) is 0 Å². The van der Waals surface area contributed by atoms with E-state index in [0.717, 1.165) is 17.7 Å². The number of anilines is 1. The van der Waals surface area contributed by atoms with E-state index in [1.54, 1.807) is 12.0 Å². The van der Waals surface area contributed by atoms with Crippen LogP contribution in [0, 0.1) is 0 Å². The lowest BCUT2D eigenvalue weighted by Crippen LogP contribution is -2.44. The summed E-state index contributed by atoms with van der Waals surface area (Å²) >= 11 is 1.24. The molecule has 2 aromatic rings. The van der Waals surface area contributed by atoms with Crippen molar-refractivity contribution in [1.29, 1.82) is 0 Å². The molecule has 0 spiro atoms. The SMILES string of the molecule is COc1cccc(Cc2nsc(N3CCC[C@H]3C(=O)[O-])n2)c1. The number of carboxylic acid groups (broad SMARTS) is 1. The summed E-state index contributed by atoms with van der Waals surface area (Å²) in [7, 11) is 1.63. The van der Waals surface area contributed by atoms with Gasteiger partial charge in [0.2, 0.25) is 5.13 Å². The van der Waals surface area contributed by atoms with Crippen molar-refractivity contribution in [2.24, 2.45) is 0 Å². The second-order valence-corrected chi connectivity index (χ2v) is 5.92. The molecular weight excluding hydrogens is 302 g/mol. The maximum Gasteiger partial charge on any atom is 0.205 e. The van der Waals surface area contributed by atoms with Crippen molar-refractivity contribution in [1.82, 2.24) is 9.36 Å². The van der Waals surface area contributed by atoms with E-state index in [1.807, 2.05) is 24.3 Å². The summed E-state index contributed by atoms with van der Waals surface area (Å²) in [4.78, 5) is 17.4. The van der Waals surface area contributed by atoms with Crippen LogP contribution in [0.25, 0.3) is 0 Å². The molecule has 1 saturated heterocycles. The van der Waals surface area contributed by atoms with E-state index in [9.17, 15) is 9.90 Å². The molecule has 1 aliphatic rings. The Morgan fingerprint density at radius 3 is 3.18 bits per heavy atom. The lowest BCUT2D eigenvalue weighted by molar-refractivity contribution is -0.307. The first kappa shape index (κ1) is 14.8. The van der Waals surface area contributed by atoms with Crippen LogP contribution < -0.4 is 14.7 Å².